The summed E-state index contributed by atoms with van der Waals surface area (Å²) in [7, 11) is 0. The lowest BCUT2D eigenvalue weighted by molar-refractivity contribution is -0.139. The second kappa shape index (κ2) is 10.1. The summed E-state index contributed by atoms with van der Waals surface area (Å²) >= 11 is 1.79. The quantitative estimate of drug-likeness (QED) is 0.565. The number of carboxylic acids is 1. The van der Waals surface area contributed by atoms with Crippen molar-refractivity contribution in [1.82, 2.24) is 10.6 Å². The van der Waals surface area contributed by atoms with Gasteiger partial charge >= 0.3 is 12.1 Å². The number of hydrogen-bond donors (Lipinski definition) is 3. The van der Waals surface area contributed by atoms with Crippen LogP contribution in [-0.4, -0.2) is 53.3 Å². The number of carbonyl (C=O) groups excluding carboxylic acids is 2. The molecule has 8 heteroatoms. The van der Waals surface area contributed by atoms with E-state index in [2.05, 4.69) is 10.6 Å². The Morgan fingerprint density at radius 2 is 1.72 bits per heavy atom. The van der Waals surface area contributed by atoms with Gasteiger partial charge in [0.1, 0.15) is 12.6 Å². The van der Waals surface area contributed by atoms with Crippen molar-refractivity contribution in [2.75, 3.05) is 18.9 Å². The monoisotopic (exact) mass is 454 g/mol. The van der Waals surface area contributed by atoms with Crippen LogP contribution in [0.3, 0.4) is 0 Å². The molecule has 32 heavy (non-hydrogen) atoms. The Labute approximate surface area is 190 Å². The predicted octanol–water partition coefficient (Wildman–Crippen LogP) is 3.38. The molecule has 7 nitrogen and oxygen atoms in total. The number of thioether (sulfide) groups is 1. The van der Waals surface area contributed by atoms with Crippen molar-refractivity contribution in [3.63, 3.8) is 0 Å². The summed E-state index contributed by atoms with van der Waals surface area (Å²) < 4.78 is 5.45. The van der Waals surface area contributed by atoms with Crippen LogP contribution < -0.4 is 10.6 Å². The molecule has 0 radical (unpaired) electrons. The van der Waals surface area contributed by atoms with E-state index in [0.29, 0.717) is 11.8 Å². The molecule has 1 fully saturated rings. The molecule has 0 aromatic heterocycles. The van der Waals surface area contributed by atoms with Gasteiger partial charge < -0.3 is 20.5 Å². The van der Waals surface area contributed by atoms with E-state index < -0.39 is 30.4 Å². The van der Waals surface area contributed by atoms with Crippen LogP contribution in [0.5, 0.6) is 0 Å². The molecule has 4 rings (SSSR count). The van der Waals surface area contributed by atoms with E-state index in [0.717, 1.165) is 40.8 Å². The Morgan fingerprint density at radius 3 is 2.31 bits per heavy atom. The zero-order valence-corrected chi connectivity index (χ0v) is 18.4. The second-order valence-electron chi connectivity index (χ2n) is 8.00. The van der Waals surface area contributed by atoms with Crippen molar-refractivity contribution in [2.45, 2.75) is 36.5 Å². The molecule has 0 saturated carbocycles. The summed E-state index contributed by atoms with van der Waals surface area (Å²) in [6.07, 6.45) is 0.827. The lowest BCUT2D eigenvalue weighted by atomic mass is 9.98. The van der Waals surface area contributed by atoms with E-state index >= 15 is 0 Å². The fourth-order valence-corrected chi connectivity index (χ4v) is 5.51. The van der Waals surface area contributed by atoms with E-state index in [9.17, 15) is 19.5 Å². The van der Waals surface area contributed by atoms with Crippen molar-refractivity contribution < 1.29 is 24.2 Å². The Kier molecular flexibility index (Phi) is 6.99. The molecule has 0 bridgehead atoms. The molecule has 168 valence electrons. The third kappa shape index (κ3) is 5.07. The molecular weight excluding hydrogens is 428 g/mol. The molecule has 2 aromatic carbocycles. The van der Waals surface area contributed by atoms with Crippen LogP contribution in [-0.2, 0) is 14.3 Å². The highest BCUT2D eigenvalue weighted by molar-refractivity contribution is 8.00. The van der Waals surface area contributed by atoms with Gasteiger partial charge in [-0.2, -0.15) is 11.8 Å². The molecule has 1 saturated heterocycles. The lowest BCUT2D eigenvalue weighted by Crippen LogP contribution is -2.49. The van der Waals surface area contributed by atoms with Gasteiger partial charge in [-0.3, -0.25) is 9.59 Å². The maximum atomic E-state index is 12.5. The molecule has 2 aliphatic rings. The smallest absolute Gasteiger partial charge is 0.407 e. The maximum absolute atomic E-state index is 12.5. The number of carbonyl (C=O) groups is 3. The van der Waals surface area contributed by atoms with E-state index in [-0.39, 0.29) is 12.5 Å². The van der Waals surface area contributed by atoms with Gasteiger partial charge in [0.2, 0.25) is 5.91 Å². The van der Waals surface area contributed by atoms with Gasteiger partial charge in [0.25, 0.3) is 0 Å². The first-order valence-corrected chi connectivity index (χ1v) is 11.8. The minimum absolute atomic E-state index is 0.0972. The summed E-state index contributed by atoms with van der Waals surface area (Å²) in [6.45, 7) is 0.561. The molecule has 1 aliphatic heterocycles. The number of amides is 2. The number of ether oxygens (including phenoxy) is 1. The number of hydrogen-bond acceptors (Lipinski definition) is 5. The number of carboxylic acid groups (broad SMARTS) is 1. The third-order valence-electron chi connectivity index (χ3n) is 5.86. The lowest BCUT2D eigenvalue weighted by Gasteiger charge is -2.19. The van der Waals surface area contributed by atoms with Crippen LogP contribution in [0.4, 0.5) is 4.79 Å². The standard InChI is InChI=1S/C24H26N2O5S/c27-22(28)12-21(23(29)25-13-15-6-5-11-32-15)26-24(30)31-14-20-18-9-3-1-7-16(18)17-8-2-4-10-19(17)20/h1-4,7-10,15,20-21H,5-6,11-14H2,(H,25,29)(H,26,30)(H,27,28). The fourth-order valence-electron chi connectivity index (χ4n) is 4.31. The molecule has 1 heterocycles. The van der Waals surface area contributed by atoms with Crippen LogP contribution in [0.2, 0.25) is 0 Å². The van der Waals surface area contributed by atoms with Crippen LogP contribution >= 0.6 is 11.8 Å². The minimum Gasteiger partial charge on any atom is -0.481 e. The van der Waals surface area contributed by atoms with E-state index in [1.807, 2.05) is 48.5 Å². The van der Waals surface area contributed by atoms with E-state index in [1.165, 1.54) is 0 Å². The maximum Gasteiger partial charge on any atom is 0.407 e. The van der Waals surface area contributed by atoms with Crippen molar-refractivity contribution in [3.05, 3.63) is 59.7 Å². The van der Waals surface area contributed by atoms with Gasteiger partial charge in [0.15, 0.2) is 0 Å². The largest absolute Gasteiger partial charge is 0.481 e. The highest BCUT2D eigenvalue weighted by Crippen LogP contribution is 2.44. The molecule has 0 spiro atoms. The van der Waals surface area contributed by atoms with Gasteiger partial charge in [-0.05, 0) is 40.8 Å². The molecule has 1 aliphatic carbocycles. The van der Waals surface area contributed by atoms with Crippen LogP contribution in [0.1, 0.15) is 36.3 Å². The zero-order valence-electron chi connectivity index (χ0n) is 17.6. The Balaban J connectivity index is 1.37. The molecule has 2 amide bonds. The van der Waals surface area contributed by atoms with Crippen LogP contribution in [0.15, 0.2) is 48.5 Å². The average Bonchev–Trinajstić information content (AvgIpc) is 3.41. The topological polar surface area (TPSA) is 105 Å². The number of fused-ring (bicyclic) bond motifs is 3. The number of alkyl carbamates (subject to hydrolysis) is 1. The first-order chi connectivity index (χ1) is 15.5. The number of benzene rings is 2. The van der Waals surface area contributed by atoms with Crippen molar-refractivity contribution in [3.8, 4) is 11.1 Å². The minimum atomic E-state index is -1.19. The van der Waals surface area contributed by atoms with Gasteiger partial charge in [0.05, 0.1) is 6.42 Å². The number of aliphatic carboxylic acids is 1. The molecule has 2 unspecified atom stereocenters. The SMILES string of the molecule is O=C(O)CC(NC(=O)OCC1c2ccccc2-c2ccccc21)C(=O)NCC1CCCS1. The molecular formula is C24H26N2O5S. The highest BCUT2D eigenvalue weighted by Gasteiger charge is 2.30. The Morgan fingerprint density at radius 1 is 1.06 bits per heavy atom. The number of nitrogens with one attached hydrogen (secondary N) is 2. The van der Waals surface area contributed by atoms with Crippen molar-refractivity contribution in [2.24, 2.45) is 0 Å². The zero-order chi connectivity index (χ0) is 22.5. The Bertz CT molecular complexity index is 960. The third-order valence-corrected chi connectivity index (χ3v) is 7.26. The van der Waals surface area contributed by atoms with Crippen molar-refractivity contribution >= 4 is 29.7 Å². The van der Waals surface area contributed by atoms with Gasteiger partial charge in [-0.1, -0.05) is 48.5 Å². The number of rotatable bonds is 8. The fraction of sp³-hybridized carbons (Fsp3) is 0.375. The highest BCUT2D eigenvalue weighted by atomic mass is 32.2. The van der Waals surface area contributed by atoms with Gasteiger partial charge in [-0.15, -0.1) is 0 Å². The average molecular weight is 455 g/mol. The first-order valence-electron chi connectivity index (χ1n) is 10.8. The van der Waals surface area contributed by atoms with Crippen LogP contribution in [0, 0.1) is 0 Å². The Hall–Kier alpha value is -3.00. The van der Waals surface area contributed by atoms with E-state index in [1.54, 1.807) is 11.8 Å². The first kappa shape index (κ1) is 22.2. The van der Waals surface area contributed by atoms with Gasteiger partial charge in [0, 0.05) is 17.7 Å². The van der Waals surface area contributed by atoms with E-state index in [4.69, 9.17) is 4.74 Å². The summed E-state index contributed by atoms with van der Waals surface area (Å²) in [5.74, 6) is -0.719. The second-order valence-corrected chi connectivity index (χ2v) is 9.41. The van der Waals surface area contributed by atoms with Crippen LogP contribution in [0.25, 0.3) is 11.1 Å². The normalized spacial score (nSPS) is 17.8. The predicted molar refractivity (Wildman–Crippen MR) is 123 cm³/mol. The molecule has 2 aromatic rings. The molecule has 3 N–H and O–H groups in total. The summed E-state index contributed by atoms with van der Waals surface area (Å²) in [5, 5.41) is 14.7. The van der Waals surface area contributed by atoms with Gasteiger partial charge in [-0.25, -0.2) is 4.79 Å². The molecule has 2 atom stereocenters. The summed E-state index contributed by atoms with van der Waals surface area (Å²) in [6, 6.07) is 14.8. The summed E-state index contributed by atoms with van der Waals surface area (Å²) in [4.78, 5) is 36.2. The van der Waals surface area contributed by atoms with Crippen molar-refractivity contribution in [1.29, 1.82) is 0 Å². The summed E-state index contributed by atoms with van der Waals surface area (Å²) in [5.41, 5.74) is 4.39.